The molecule has 0 saturated carbocycles. The van der Waals surface area contributed by atoms with Crippen LogP contribution in [-0.2, 0) is 38.0 Å². The maximum atomic E-state index is 14.1. The second-order valence-corrected chi connectivity index (χ2v) is 13.6. The maximum absolute atomic E-state index is 14.1. The van der Waals surface area contributed by atoms with Crippen LogP contribution in [-0.4, -0.2) is 50.5 Å². The first-order chi connectivity index (χ1) is 19.2. The van der Waals surface area contributed by atoms with Gasteiger partial charge < -0.3 is 10.2 Å². The minimum Gasteiger partial charge on any atom is -0.355 e. The van der Waals surface area contributed by atoms with Crippen molar-refractivity contribution in [3.8, 4) is 0 Å². The first-order valence-electron chi connectivity index (χ1n) is 13.3. The Hall–Kier alpha value is -3.07. The fourth-order valence-electron chi connectivity index (χ4n) is 4.44. The van der Waals surface area contributed by atoms with E-state index in [2.05, 4.69) is 26.1 Å². The van der Waals surface area contributed by atoms with Crippen molar-refractivity contribution in [2.45, 2.75) is 52.1 Å². The molecule has 0 aliphatic carbocycles. The molecule has 41 heavy (non-hydrogen) atoms. The molecule has 2 amide bonds. The van der Waals surface area contributed by atoms with Gasteiger partial charge in [0.2, 0.25) is 21.8 Å². The van der Waals surface area contributed by atoms with Gasteiger partial charge in [-0.1, -0.05) is 92.5 Å². The highest BCUT2D eigenvalue weighted by atomic mass is 35.5. The fourth-order valence-corrected chi connectivity index (χ4v) is 5.81. The average molecular weight is 619 g/mol. The molecule has 0 spiro atoms. The molecule has 0 bridgehead atoms. The Morgan fingerprint density at radius 3 is 2.00 bits per heavy atom. The quantitative estimate of drug-likeness (QED) is 0.293. The summed E-state index contributed by atoms with van der Waals surface area (Å²) in [7, 11) is -3.87. The van der Waals surface area contributed by atoms with Crippen LogP contribution in [0.15, 0.2) is 72.8 Å². The number of carbonyl (C=O) groups excluding carboxylic acids is 2. The molecular weight excluding hydrogens is 581 g/mol. The van der Waals surface area contributed by atoms with Crippen LogP contribution in [0.5, 0.6) is 0 Å². The first-order valence-corrected chi connectivity index (χ1v) is 15.9. The predicted molar refractivity (Wildman–Crippen MR) is 167 cm³/mol. The minimum absolute atomic E-state index is 0.0907. The lowest BCUT2D eigenvalue weighted by Crippen LogP contribution is -2.53. The molecule has 3 rings (SSSR count). The van der Waals surface area contributed by atoms with Gasteiger partial charge in [-0.15, -0.1) is 0 Å². The summed E-state index contributed by atoms with van der Waals surface area (Å²) in [5.41, 5.74) is 2.54. The molecule has 3 aromatic rings. The van der Waals surface area contributed by atoms with Gasteiger partial charge in [-0.05, 0) is 47.7 Å². The number of benzene rings is 3. The van der Waals surface area contributed by atoms with Gasteiger partial charge in [-0.2, -0.15) is 0 Å². The van der Waals surface area contributed by atoms with Crippen molar-refractivity contribution in [3.05, 3.63) is 99.5 Å². The summed E-state index contributed by atoms with van der Waals surface area (Å²) in [4.78, 5) is 28.9. The van der Waals surface area contributed by atoms with Gasteiger partial charge in [0.25, 0.3) is 0 Å². The van der Waals surface area contributed by atoms with Crippen LogP contribution in [0.3, 0.4) is 0 Å². The molecule has 0 radical (unpaired) electrons. The highest BCUT2D eigenvalue weighted by molar-refractivity contribution is 7.92. The van der Waals surface area contributed by atoms with Crippen LogP contribution >= 0.6 is 23.2 Å². The Morgan fingerprint density at radius 2 is 1.49 bits per heavy atom. The number of amides is 2. The third-order valence-corrected chi connectivity index (χ3v) is 8.56. The molecule has 0 fully saturated rings. The van der Waals surface area contributed by atoms with Gasteiger partial charge in [-0.3, -0.25) is 13.9 Å². The Bertz CT molecular complexity index is 1440. The molecule has 0 aromatic heterocycles. The molecule has 3 aromatic carbocycles. The molecule has 10 heteroatoms. The summed E-state index contributed by atoms with van der Waals surface area (Å²) >= 11 is 13.0. The van der Waals surface area contributed by atoms with E-state index in [0.717, 1.165) is 21.7 Å². The monoisotopic (exact) mass is 617 g/mol. The van der Waals surface area contributed by atoms with Crippen molar-refractivity contribution in [3.63, 3.8) is 0 Å². The Kier molecular flexibility index (Phi) is 10.9. The average Bonchev–Trinajstić information content (AvgIpc) is 2.90. The Balaban J connectivity index is 2.08. The molecule has 0 saturated heterocycles. The summed E-state index contributed by atoms with van der Waals surface area (Å²) in [6.45, 7) is 7.73. The number of likely N-dealkylation sites (N-methyl/N-ethyl adjacent to an activating group) is 1. The summed E-state index contributed by atoms with van der Waals surface area (Å²) in [5.74, 6) is -0.938. The van der Waals surface area contributed by atoms with Crippen LogP contribution in [0.25, 0.3) is 0 Å². The van der Waals surface area contributed by atoms with Crippen molar-refractivity contribution in [1.29, 1.82) is 0 Å². The number of carbonyl (C=O) groups is 2. The van der Waals surface area contributed by atoms with Crippen LogP contribution in [0.1, 0.15) is 44.4 Å². The zero-order valence-electron chi connectivity index (χ0n) is 24.0. The molecule has 1 atom stereocenters. The number of hydrogen-bond donors (Lipinski definition) is 1. The first kappa shape index (κ1) is 32.4. The summed E-state index contributed by atoms with van der Waals surface area (Å²) in [5, 5.41) is 3.49. The molecule has 220 valence electrons. The van der Waals surface area contributed by atoms with Gasteiger partial charge in [0.1, 0.15) is 12.6 Å². The topological polar surface area (TPSA) is 86.8 Å². The smallest absolute Gasteiger partial charge is 0.244 e. The highest BCUT2D eigenvalue weighted by Gasteiger charge is 2.33. The van der Waals surface area contributed by atoms with Gasteiger partial charge in [0.05, 0.1) is 11.9 Å². The number of halogens is 2. The zero-order valence-corrected chi connectivity index (χ0v) is 26.4. The lowest BCUT2D eigenvalue weighted by Gasteiger charge is -2.34. The van der Waals surface area contributed by atoms with E-state index in [1.54, 1.807) is 37.3 Å². The summed E-state index contributed by atoms with van der Waals surface area (Å²) in [6.07, 6.45) is 1.26. The van der Waals surface area contributed by atoms with E-state index in [4.69, 9.17) is 23.2 Å². The van der Waals surface area contributed by atoms with E-state index in [9.17, 15) is 18.0 Å². The van der Waals surface area contributed by atoms with E-state index in [1.165, 1.54) is 4.90 Å². The highest BCUT2D eigenvalue weighted by Crippen LogP contribution is 2.29. The summed E-state index contributed by atoms with van der Waals surface area (Å²) < 4.78 is 27.0. The lowest BCUT2D eigenvalue weighted by molar-refractivity contribution is -0.140. The van der Waals surface area contributed by atoms with Gasteiger partial charge >= 0.3 is 0 Å². The number of sulfonamides is 1. The molecular formula is C31H37Cl2N3O4S. The van der Waals surface area contributed by atoms with Gasteiger partial charge in [-0.25, -0.2) is 8.42 Å². The summed E-state index contributed by atoms with van der Waals surface area (Å²) in [6, 6.07) is 20.5. The molecule has 0 aliphatic rings. The molecule has 7 nitrogen and oxygen atoms in total. The van der Waals surface area contributed by atoms with E-state index < -0.39 is 28.5 Å². The lowest BCUT2D eigenvalue weighted by atomic mass is 9.87. The predicted octanol–water partition coefficient (Wildman–Crippen LogP) is 5.83. The molecule has 1 N–H and O–H groups in total. The Labute approximate surface area is 253 Å². The van der Waals surface area contributed by atoms with Crippen molar-refractivity contribution in [2.24, 2.45) is 0 Å². The SMILES string of the molecule is CCNC(=O)C(Cc1ccccc1)N(Cc1c(Cl)cccc1Cl)C(=O)CN(c1ccc(C(C)(C)C)cc1)S(C)(=O)=O. The number of rotatable bonds is 11. The normalized spacial score (nSPS) is 12.5. The van der Waals surface area contributed by atoms with Crippen LogP contribution in [0.2, 0.25) is 10.0 Å². The number of nitrogens with zero attached hydrogens (tertiary/aromatic N) is 2. The second kappa shape index (κ2) is 13.7. The van der Waals surface area contributed by atoms with Gasteiger partial charge in [0, 0.05) is 35.1 Å². The van der Waals surface area contributed by atoms with Crippen molar-refractivity contribution in [2.75, 3.05) is 23.7 Å². The van der Waals surface area contributed by atoms with Crippen LogP contribution < -0.4 is 9.62 Å². The van der Waals surface area contributed by atoms with Crippen molar-refractivity contribution in [1.82, 2.24) is 10.2 Å². The number of hydrogen-bond acceptors (Lipinski definition) is 4. The second-order valence-electron chi connectivity index (χ2n) is 10.9. The van der Waals surface area contributed by atoms with Crippen LogP contribution in [0.4, 0.5) is 5.69 Å². The zero-order chi connectivity index (χ0) is 30.4. The molecule has 1 unspecified atom stereocenters. The molecule has 0 aliphatic heterocycles. The maximum Gasteiger partial charge on any atom is 0.244 e. The number of anilines is 1. The van der Waals surface area contributed by atoms with Crippen molar-refractivity contribution >= 4 is 50.7 Å². The van der Waals surface area contributed by atoms with E-state index in [0.29, 0.717) is 27.8 Å². The third-order valence-electron chi connectivity index (χ3n) is 6.71. The van der Waals surface area contributed by atoms with E-state index >= 15 is 0 Å². The Morgan fingerprint density at radius 1 is 0.902 bits per heavy atom. The molecule has 0 heterocycles. The standard InChI is InChI=1S/C31H37Cl2N3O4S/c1-6-34-30(38)28(19-22-11-8-7-9-12-22)35(20-25-26(32)13-10-14-27(25)33)29(37)21-36(41(5,39)40)24-17-15-23(16-18-24)31(2,3)4/h7-18,28H,6,19-21H2,1-5H3,(H,34,38). The van der Waals surface area contributed by atoms with E-state index in [-0.39, 0.29) is 24.3 Å². The van der Waals surface area contributed by atoms with Gasteiger partial charge in [0.15, 0.2) is 0 Å². The number of nitrogens with one attached hydrogen (secondary N) is 1. The minimum atomic E-state index is -3.87. The van der Waals surface area contributed by atoms with E-state index in [1.807, 2.05) is 42.5 Å². The third kappa shape index (κ3) is 8.71. The largest absolute Gasteiger partial charge is 0.355 e. The van der Waals surface area contributed by atoms with Crippen molar-refractivity contribution < 1.29 is 18.0 Å². The fraction of sp³-hybridized carbons (Fsp3) is 0.355. The van der Waals surface area contributed by atoms with Crippen LogP contribution in [0, 0.1) is 0 Å².